The number of aromatic nitrogens is 1. The lowest BCUT2D eigenvalue weighted by Crippen LogP contribution is -2.41. The zero-order valence-corrected chi connectivity index (χ0v) is 17.2. The summed E-state index contributed by atoms with van der Waals surface area (Å²) in [5, 5.41) is 0. The van der Waals surface area contributed by atoms with Gasteiger partial charge in [0.2, 0.25) is 0 Å². The molecule has 150 valence electrons. The summed E-state index contributed by atoms with van der Waals surface area (Å²) in [6.45, 7) is 9.45. The largest absolute Gasteiger partial charge is 0.465 e. The number of carbonyl (C=O) groups excluding carboxylic acids is 1. The van der Waals surface area contributed by atoms with Crippen LogP contribution in [0.1, 0.15) is 75.2 Å². The summed E-state index contributed by atoms with van der Waals surface area (Å²) in [5.41, 5.74) is 2.87. The van der Waals surface area contributed by atoms with E-state index in [1.165, 1.54) is 12.8 Å². The Morgan fingerprint density at radius 2 is 1.85 bits per heavy atom. The predicted octanol–water partition coefficient (Wildman–Crippen LogP) is 4.36. The molecule has 3 rings (SSSR count). The van der Waals surface area contributed by atoms with Gasteiger partial charge in [-0.25, -0.2) is 4.79 Å². The zero-order valence-electron chi connectivity index (χ0n) is 17.2. The summed E-state index contributed by atoms with van der Waals surface area (Å²) in [6, 6.07) is 2.14. The van der Waals surface area contributed by atoms with E-state index < -0.39 is 5.60 Å². The van der Waals surface area contributed by atoms with Gasteiger partial charge in [-0.1, -0.05) is 0 Å². The third kappa shape index (κ3) is 5.12. The van der Waals surface area contributed by atoms with Crippen LogP contribution in [-0.4, -0.2) is 48.6 Å². The van der Waals surface area contributed by atoms with E-state index >= 15 is 0 Å². The van der Waals surface area contributed by atoms with Gasteiger partial charge in [0.1, 0.15) is 11.4 Å². The van der Waals surface area contributed by atoms with Crippen LogP contribution in [0.3, 0.4) is 0 Å². The fraction of sp³-hybridized carbons (Fsp3) is 0.714. The number of rotatable bonds is 5. The van der Waals surface area contributed by atoms with E-state index in [2.05, 4.69) is 13.0 Å². The summed E-state index contributed by atoms with van der Waals surface area (Å²) in [7, 11) is 1.63. The van der Waals surface area contributed by atoms with E-state index in [9.17, 15) is 4.79 Å². The van der Waals surface area contributed by atoms with Crippen molar-refractivity contribution < 1.29 is 19.0 Å². The lowest BCUT2D eigenvalue weighted by molar-refractivity contribution is 0.0204. The van der Waals surface area contributed by atoms with Crippen LogP contribution in [0.15, 0.2) is 6.07 Å². The Bertz CT molecular complexity index is 671. The average Bonchev–Trinajstić information content (AvgIpc) is 3.44. The summed E-state index contributed by atoms with van der Waals surface area (Å²) < 4.78 is 16.4. The monoisotopic (exact) mass is 376 g/mol. The first-order valence-electron chi connectivity index (χ1n) is 9.89. The number of likely N-dealkylation sites (tertiary alicyclic amines) is 1. The average molecular weight is 376 g/mol. The lowest BCUT2D eigenvalue weighted by Gasteiger charge is -2.33. The number of methoxy groups -OCH3 is 1. The molecule has 0 N–H and O–H groups in total. The minimum absolute atomic E-state index is 0.216. The summed E-state index contributed by atoms with van der Waals surface area (Å²) in [6.07, 6.45) is 3.96. The van der Waals surface area contributed by atoms with E-state index in [1.807, 2.05) is 25.7 Å². The first-order valence-corrected chi connectivity index (χ1v) is 9.89. The smallest absolute Gasteiger partial charge is 0.410 e. The van der Waals surface area contributed by atoms with Crippen molar-refractivity contribution in [3.8, 4) is 5.75 Å². The zero-order chi connectivity index (χ0) is 19.6. The summed E-state index contributed by atoms with van der Waals surface area (Å²) >= 11 is 0. The first-order chi connectivity index (χ1) is 12.8. The normalized spacial score (nSPS) is 18.5. The van der Waals surface area contributed by atoms with Crippen molar-refractivity contribution in [3.63, 3.8) is 0 Å². The number of aryl methyl sites for hydroxylation is 1. The van der Waals surface area contributed by atoms with Crippen LogP contribution in [0, 0.1) is 6.92 Å². The topological polar surface area (TPSA) is 60.9 Å². The van der Waals surface area contributed by atoms with Gasteiger partial charge < -0.3 is 19.1 Å². The van der Waals surface area contributed by atoms with Crippen LogP contribution < -0.4 is 4.74 Å². The molecule has 0 aromatic carbocycles. The third-order valence-corrected chi connectivity index (χ3v) is 5.05. The molecule has 0 radical (unpaired) electrons. The van der Waals surface area contributed by atoms with Crippen LogP contribution in [0.5, 0.6) is 5.75 Å². The predicted molar refractivity (Wildman–Crippen MR) is 103 cm³/mol. The van der Waals surface area contributed by atoms with E-state index in [1.54, 1.807) is 7.11 Å². The number of carbonyl (C=O) groups is 1. The maximum Gasteiger partial charge on any atom is 0.410 e. The number of hydrogen-bond donors (Lipinski definition) is 0. The van der Waals surface area contributed by atoms with Gasteiger partial charge in [-0.05, 0) is 65.0 Å². The van der Waals surface area contributed by atoms with Crippen LogP contribution in [0.25, 0.3) is 0 Å². The van der Waals surface area contributed by atoms with Gasteiger partial charge in [0.05, 0.1) is 5.69 Å². The fourth-order valence-electron chi connectivity index (χ4n) is 3.54. The van der Waals surface area contributed by atoms with E-state index in [0.717, 1.165) is 35.5 Å². The van der Waals surface area contributed by atoms with Crippen LogP contribution in [0.2, 0.25) is 0 Å². The van der Waals surface area contributed by atoms with Crippen molar-refractivity contribution in [1.29, 1.82) is 0 Å². The minimum atomic E-state index is -0.455. The number of ether oxygens (including phenoxy) is 3. The number of piperidine rings is 1. The van der Waals surface area contributed by atoms with Crippen molar-refractivity contribution in [1.82, 2.24) is 9.88 Å². The maximum atomic E-state index is 12.3. The third-order valence-electron chi connectivity index (χ3n) is 5.05. The molecule has 1 amide bonds. The minimum Gasteiger partial charge on any atom is -0.465 e. The SMILES string of the molecule is COCOc1c(C)cc(C2CCN(C(=O)OC(C)(C)C)CC2)nc1C1CC1. The highest BCUT2D eigenvalue weighted by Gasteiger charge is 2.32. The maximum absolute atomic E-state index is 12.3. The molecule has 0 spiro atoms. The van der Waals surface area contributed by atoms with Gasteiger partial charge in [-0.2, -0.15) is 0 Å². The molecule has 1 aliphatic carbocycles. The van der Waals surface area contributed by atoms with E-state index in [0.29, 0.717) is 24.9 Å². The first kappa shape index (κ1) is 19.9. The van der Waals surface area contributed by atoms with Gasteiger partial charge in [-0.15, -0.1) is 0 Å². The molecule has 6 nitrogen and oxygen atoms in total. The molecule has 0 unspecified atom stereocenters. The van der Waals surface area contributed by atoms with Crippen molar-refractivity contribution in [2.24, 2.45) is 0 Å². The molecule has 1 saturated heterocycles. The summed E-state index contributed by atoms with van der Waals surface area (Å²) in [4.78, 5) is 19.1. The fourth-order valence-corrected chi connectivity index (χ4v) is 3.54. The molecule has 0 bridgehead atoms. The lowest BCUT2D eigenvalue weighted by atomic mass is 9.92. The molecule has 2 heterocycles. The van der Waals surface area contributed by atoms with Gasteiger partial charge >= 0.3 is 6.09 Å². The van der Waals surface area contributed by atoms with E-state index in [-0.39, 0.29) is 12.9 Å². The van der Waals surface area contributed by atoms with Crippen molar-refractivity contribution in [2.75, 3.05) is 27.0 Å². The van der Waals surface area contributed by atoms with Gasteiger partial charge in [-0.3, -0.25) is 4.98 Å². The Morgan fingerprint density at radius 3 is 2.41 bits per heavy atom. The Balaban J connectivity index is 1.68. The Morgan fingerprint density at radius 1 is 1.19 bits per heavy atom. The van der Waals surface area contributed by atoms with Gasteiger partial charge in [0.25, 0.3) is 0 Å². The van der Waals surface area contributed by atoms with Crippen LogP contribution in [-0.2, 0) is 9.47 Å². The molecule has 1 aromatic rings. The Kier molecular flexibility index (Phi) is 5.94. The molecular weight excluding hydrogens is 344 g/mol. The van der Waals surface area contributed by atoms with Crippen molar-refractivity contribution in [2.45, 2.75) is 70.8 Å². The molecular formula is C21H32N2O4. The Labute approximate surface area is 162 Å². The van der Waals surface area contributed by atoms with Crippen molar-refractivity contribution in [3.05, 3.63) is 23.0 Å². The van der Waals surface area contributed by atoms with E-state index in [4.69, 9.17) is 19.2 Å². The second kappa shape index (κ2) is 8.05. The van der Waals surface area contributed by atoms with Crippen LogP contribution >= 0.6 is 0 Å². The summed E-state index contributed by atoms with van der Waals surface area (Å²) in [5.74, 6) is 1.77. The molecule has 1 saturated carbocycles. The molecule has 1 aromatic heterocycles. The molecule has 0 atom stereocenters. The highest BCUT2D eigenvalue weighted by molar-refractivity contribution is 5.68. The number of nitrogens with zero attached hydrogens (tertiary/aromatic N) is 2. The van der Waals surface area contributed by atoms with Gasteiger partial charge in [0.15, 0.2) is 6.79 Å². The Hall–Kier alpha value is -1.82. The molecule has 6 heteroatoms. The second-order valence-electron chi connectivity index (χ2n) is 8.65. The standard InChI is InChI=1S/C21H32N2O4/c1-14-12-17(22-18(16-6-7-16)19(14)26-13-25-5)15-8-10-23(11-9-15)20(24)27-21(2,3)4/h12,15-16H,6-11,13H2,1-5H3. The molecule has 2 fully saturated rings. The second-order valence-corrected chi connectivity index (χ2v) is 8.65. The van der Waals surface area contributed by atoms with Crippen molar-refractivity contribution >= 4 is 6.09 Å². The van der Waals surface area contributed by atoms with Crippen LogP contribution in [0.4, 0.5) is 4.79 Å². The highest BCUT2D eigenvalue weighted by Crippen LogP contribution is 2.45. The van der Waals surface area contributed by atoms with Gasteiger partial charge in [0, 0.05) is 37.7 Å². The molecule has 1 aliphatic heterocycles. The molecule has 2 aliphatic rings. The number of amides is 1. The molecule has 27 heavy (non-hydrogen) atoms. The number of hydrogen-bond acceptors (Lipinski definition) is 5. The quantitative estimate of drug-likeness (QED) is 0.715. The highest BCUT2D eigenvalue weighted by atomic mass is 16.7. The number of pyridine rings is 1.